The number of hydrogen-bond acceptors (Lipinski definition) is 4. The summed E-state index contributed by atoms with van der Waals surface area (Å²) >= 11 is 0. The third kappa shape index (κ3) is 5.68. The van der Waals surface area contributed by atoms with Crippen LogP contribution in [0.3, 0.4) is 0 Å². The van der Waals surface area contributed by atoms with Gasteiger partial charge in [0.25, 0.3) is 0 Å². The van der Waals surface area contributed by atoms with Gasteiger partial charge in [-0.2, -0.15) is 13.2 Å². The molecule has 0 aromatic rings. The number of alkyl halides is 3. The maximum atomic E-state index is 12.2. The van der Waals surface area contributed by atoms with Crippen molar-refractivity contribution in [2.24, 2.45) is 5.92 Å². The monoisotopic (exact) mass is 269 g/mol. The number of halogens is 3. The fraction of sp³-hybridized carbons (Fsp3) is 0.909. The molecule has 1 saturated heterocycles. The highest BCUT2D eigenvalue weighted by molar-refractivity contribution is 5.72. The summed E-state index contributed by atoms with van der Waals surface area (Å²) in [5.74, 6) is -0.620. The number of carbonyl (C=O) groups is 1. The van der Waals surface area contributed by atoms with Gasteiger partial charge in [0, 0.05) is 7.11 Å². The zero-order valence-corrected chi connectivity index (χ0v) is 10.3. The molecule has 1 aliphatic rings. The molecule has 0 amide bonds. The van der Waals surface area contributed by atoms with E-state index in [1.165, 1.54) is 12.0 Å². The largest absolute Gasteiger partial charge is 0.463 e. The molecule has 0 bridgehead atoms. The SMILES string of the molecule is COCCOC(=O)C1CCN(CC(F)(F)F)CC1. The van der Waals surface area contributed by atoms with Gasteiger partial charge in [-0.25, -0.2) is 0 Å². The number of rotatable bonds is 5. The normalized spacial score (nSPS) is 18.9. The minimum Gasteiger partial charge on any atom is -0.463 e. The molecule has 1 fully saturated rings. The lowest BCUT2D eigenvalue weighted by Crippen LogP contribution is -2.41. The summed E-state index contributed by atoms with van der Waals surface area (Å²) in [7, 11) is 1.50. The standard InChI is InChI=1S/C11H18F3NO3/c1-17-6-7-18-10(16)9-2-4-15(5-3-9)8-11(12,13)14/h9H,2-8H2,1H3. The van der Waals surface area contributed by atoms with Crippen LogP contribution in [0.15, 0.2) is 0 Å². The minimum atomic E-state index is -4.17. The lowest BCUT2D eigenvalue weighted by molar-refractivity contribution is -0.156. The Morgan fingerprint density at radius 1 is 1.28 bits per heavy atom. The third-order valence-corrected chi connectivity index (χ3v) is 2.86. The molecule has 0 unspecified atom stereocenters. The van der Waals surface area contributed by atoms with Crippen molar-refractivity contribution >= 4 is 5.97 Å². The Kier molecular flexibility index (Phi) is 5.87. The van der Waals surface area contributed by atoms with Crippen LogP contribution in [0.2, 0.25) is 0 Å². The van der Waals surface area contributed by atoms with Crippen molar-refractivity contribution in [3.63, 3.8) is 0 Å². The second-order valence-corrected chi connectivity index (χ2v) is 4.33. The number of ether oxygens (including phenoxy) is 2. The van der Waals surface area contributed by atoms with Crippen LogP contribution in [-0.4, -0.2) is 57.0 Å². The maximum Gasteiger partial charge on any atom is 0.401 e. The molecule has 4 nitrogen and oxygen atoms in total. The Hall–Kier alpha value is -0.820. The van der Waals surface area contributed by atoms with E-state index in [-0.39, 0.29) is 31.6 Å². The topological polar surface area (TPSA) is 38.8 Å². The van der Waals surface area contributed by atoms with Crippen LogP contribution in [0.5, 0.6) is 0 Å². The Morgan fingerprint density at radius 2 is 1.89 bits per heavy atom. The van der Waals surface area contributed by atoms with Gasteiger partial charge >= 0.3 is 12.1 Å². The zero-order valence-electron chi connectivity index (χ0n) is 10.3. The molecule has 1 heterocycles. The molecule has 1 aliphatic heterocycles. The molecule has 106 valence electrons. The predicted molar refractivity (Wildman–Crippen MR) is 58.1 cm³/mol. The van der Waals surface area contributed by atoms with E-state index in [1.54, 1.807) is 0 Å². The van der Waals surface area contributed by atoms with Crippen molar-refractivity contribution in [2.75, 3.05) is 40.0 Å². The molecule has 0 saturated carbocycles. The van der Waals surface area contributed by atoms with Gasteiger partial charge in [0.15, 0.2) is 0 Å². The predicted octanol–water partition coefficient (Wildman–Crippen LogP) is 1.45. The first-order valence-corrected chi connectivity index (χ1v) is 5.87. The molecule has 0 aliphatic carbocycles. The first-order chi connectivity index (χ1) is 8.42. The lowest BCUT2D eigenvalue weighted by Gasteiger charge is -2.31. The highest BCUT2D eigenvalue weighted by Gasteiger charge is 2.34. The number of esters is 1. The van der Waals surface area contributed by atoms with Crippen LogP contribution in [-0.2, 0) is 14.3 Å². The van der Waals surface area contributed by atoms with E-state index >= 15 is 0 Å². The first-order valence-electron chi connectivity index (χ1n) is 5.87. The van der Waals surface area contributed by atoms with Crippen LogP contribution in [0.4, 0.5) is 13.2 Å². The van der Waals surface area contributed by atoms with E-state index in [1.807, 2.05) is 0 Å². The highest BCUT2D eigenvalue weighted by atomic mass is 19.4. The third-order valence-electron chi connectivity index (χ3n) is 2.86. The fourth-order valence-electron chi connectivity index (χ4n) is 1.92. The summed E-state index contributed by atoms with van der Waals surface area (Å²) in [6.07, 6.45) is -3.34. The van der Waals surface area contributed by atoms with E-state index < -0.39 is 12.7 Å². The smallest absolute Gasteiger partial charge is 0.401 e. The van der Waals surface area contributed by atoms with Crippen LogP contribution in [0.1, 0.15) is 12.8 Å². The highest BCUT2D eigenvalue weighted by Crippen LogP contribution is 2.23. The number of nitrogens with zero attached hydrogens (tertiary/aromatic N) is 1. The quantitative estimate of drug-likeness (QED) is 0.559. The van der Waals surface area contributed by atoms with Gasteiger partial charge in [-0.3, -0.25) is 9.69 Å². The summed E-state index contributed by atoms with van der Waals surface area (Å²) in [6, 6.07) is 0. The number of methoxy groups -OCH3 is 1. The Bertz CT molecular complexity index is 263. The summed E-state index contributed by atoms with van der Waals surface area (Å²) in [4.78, 5) is 12.9. The van der Waals surface area contributed by atoms with Crippen molar-refractivity contribution in [1.29, 1.82) is 0 Å². The van der Waals surface area contributed by atoms with Gasteiger partial charge in [0.1, 0.15) is 6.61 Å². The number of carbonyl (C=O) groups excluding carboxylic acids is 1. The van der Waals surface area contributed by atoms with E-state index in [0.29, 0.717) is 19.4 Å². The molecule has 0 atom stereocenters. The number of piperidine rings is 1. The minimum absolute atomic E-state index is 0.193. The summed E-state index contributed by atoms with van der Waals surface area (Å²) < 4.78 is 46.2. The van der Waals surface area contributed by atoms with Crippen molar-refractivity contribution in [2.45, 2.75) is 19.0 Å². The second kappa shape index (κ2) is 6.94. The van der Waals surface area contributed by atoms with Crippen molar-refractivity contribution in [3.05, 3.63) is 0 Å². The van der Waals surface area contributed by atoms with Gasteiger partial charge < -0.3 is 9.47 Å². The van der Waals surface area contributed by atoms with E-state index in [4.69, 9.17) is 9.47 Å². The van der Waals surface area contributed by atoms with Crippen LogP contribution in [0, 0.1) is 5.92 Å². The van der Waals surface area contributed by atoms with Gasteiger partial charge in [0.2, 0.25) is 0 Å². The van der Waals surface area contributed by atoms with Crippen molar-refractivity contribution < 1.29 is 27.4 Å². The molecular weight excluding hydrogens is 251 g/mol. The Labute approximate surface area is 104 Å². The fourth-order valence-corrected chi connectivity index (χ4v) is 1.92. The van der Waals surface area contributed by atoms with E-state index in [0.717, 1.165) is 0 Å². The first kappa shape index (κ1) is 15.2. The van der Waals surface area contributed by atoms with Gasteiger partial charge in [-0.1, -0.05) is 0 Å². The maximum absolute atomic E-state index is 12.2. The number of hydrogen-bond donors (Lipinski definition) is 0. The van der Waals surface area contributed by atoms with Gasteiger partial charge in [-0.15, -0.1) is 0 Å². The molecule has 0 radical (unpaired) electrons. The molecule has 0 N–H and O–H groups in total. The molecule has 0 aromatic heterocycles. The molecular formula is C11H18F3NO3. The lowest BCUT2D eigenvalue weighted by atomic mass is 9.97. The summed E-state index contributed by atoms with van der Waals surface area (Å²) in [6.45, 7) is 0.183. The molecule has 0 spiro atoms. The molecule has 18 heavy (non-hydrogen) atoms. The van der Waals surface area contributed by atoms with Crippen LogP contribution < -0.4 is 0 Å². The molecule has 7 heteroatoms. The second-order valence-electron chi connectivity index (χ2n) is 4.33. The van der Waals surface area contributed by atoms with E-state index in [2.05, 4.69) is 0 Å². The van der Waals surface area contributed by atoms with Crippen molar-refractivity contribution in [3.8, 4) is 0 Å². The average Bonchev–Trinajstić information content (AvgIpc) is 2.28. The Morgan fingerprint density at radius 3 is 2.39 bits per heavy atom. The molecule has 1 rings (SSSR count). The summed E-state index contributed by atoms with van der Waals surface area (Å²) in [5.41, 5.74) is 0. The van der Waals surface area contributed by atoms with Gasteiger partial charge in [0.05, 0.1) is 19.1 Å². The number of likely N-dealkylation sites (tertiary alicyclic amines) is 1. The summed E-state index contributed by atoms with van der Waals surface area (Å²) in [5, 5.41) is 0. The van der Waals surface area contributed by atoms with Crippen LogP contribution in [0.25, 0.3) is 0 Å². The van der Waals surface area contributed by atoms with E-state index in [9.17, 15) is 18.0 Å². The zero-order chi connectivity index (χ0) is 13.6. The molecule has 0 aromatic carbocycles. The van der Waals surface area contributed by atoms with Crippen LogP contribution >= 0.6 is 0 Å². The van der Waals surface area contributed by atoms with Gasteiger partial charge in [-0.05, 0) is 25.9 Å². The Balaban J connectivity index is 2.24. The average molecular weight is 269 g/mol. The van der Waals surface area contributed by atoms with Crippen molar-refractivity contribution in [1.82, 2.24) is 4.90 Å².